The highest BCUT2D eigenvalue weighted by Gasteiger charge is 2.26. The quantitative estimate of drug-likeness (QED) is 0.896. The summed E-state index contributed by atoms with van der Waals surface area (Å²) in [5.74, 6) is 0.126. The molecule has 1 amide bonds. The van der Waals surface area contributed by atoms with Gasteiger partial charge in [-0.05, 0) is 42.9 Å². The molecule has 1 aromatic carbocycles. The first kappa shape index (κ1) is 12.2. The predicted octanol–water partition coefficient (Wildman–Crippen LogP) is 2.30. The van der Waals surface area contributed by atoms with Crippen LogP contribution in [0.5, 0.6) is 0 Å². The van der Waals surface area contributed by atoms with Crippen molar-refractivity contribution in [3.8, 4) is 0 Å². The Hall–Kier alpha value is -0.870. The van der Waals surface area contributed by atoms with Gasteiger partial charge < -0.3 is 10.6 Å². The number of amides is 1. The third-order valence-electron chi connectivity index (χ3n) is 3.66. The molecule has 96 valence electrons. The van der Waals surface area contributed by atoms with Gasteiger partial charge in [-0.25, -0.2) is 0 Å². The number of carbonyl (C=O) groups excluding carboxylic acids is 1. The Morgan fingerprint density at radius 3 is 2.94 bits per heavy atom. The van der Waals surface area contributed by atoms with Crippen molar-refractivity contribution in [2.24, 2.45) is 0 Å². The van der Waals surface area contributed by atoms with E-state index in [4.69, 9.17) is 0 Å². The first-order valence-electron chi connectivity index (χ1n) is 6.54. The first-order valence-corrected chi connectivity index (χ1v) is 7.33. The molecule has 3 rings (SSSR count). The summed E-state index contributed by atoms with van der Waals surface area (Å²) in [7, 11) is 0. The monoisotopic (exact) mass is 308 g/mol. The minimum absolute atomic E-state index is 0.126. The van der Waals surface area contributed by atoms with Gasteiger partial charge in [0.25, 0.3) is 0 Å². The molecule has 0 spiro atoms. The van der Waals surface area contributed by atoms with Crippen LogP contribution in [0.15, 0.2) is 22.7 Å². The Balaban J connectivity index is 1.58. The number of hydrogen-bond acceptors (Lipinski definition) is 2. The number of fused-ring (bicyclic) bond motifs is 1. The van der Waals surface area contributed by atoms with Crippen molar-refractivity contribution in [1.82, 2.24) is 10.6 Å². The molecule has 0 radical (unpaired) electrons. The largest absolute Gasteiger partial charge is 0.352 e. The van der Waals surface area contributed by atoms with E-state index >= 15 is 0 Å². The molecule has 1 atom stereocenters. The van der Waals surface area contributed by atoms with Gasteiger partial charge in [-0.15, -0.1) is 0 Å². The molecule has 0 heterocycles. The summed E-state index contributed by atoms with van der Waals surface area (Å²) in [4.78, 5) is 11.6. The maximum atomic E-state index is 11.6. The van der Waals surface area contributed by atoms with Gasteiger partial charge in [0.1, 0.15) is 0 Å². The minimum Gasteiger partial charge on any atom is -0.352 e. The predicted molar refractivity (Wildman–Crippen MR) is 74.4 cm³/mol. The van der Waals surface area contributed by atoms with E-state index in [0.29, 0.717) is 18.6 Å². The van der Waals surface area contributed by atoms with Gasteiger partial charge >= 0.3 is 0 Å². The van der Waals surface area contributed by atoms with Crippen molar-refractivity contribution in [2.45, 2.75) is 37.8 Å². The second kappa shape index (κ2) is 5.02. The van der Waals surface area contributed by atoms with Gasteiger partial charge in [0.05, 0.1) is 6.54 Å². The summed E-state index contributed by atoms with van der Waals surface area (Å²) < 4.78 is 1.19. The lowest BCUT2D eigenvalue weighted by Gasteiger charge is -2.14. The van der Waals surface area contributed by atoms with Crippen LogP contribution in [0.25, 0.3) is 0 Å². The van der Waals surface area contributed by atoms with Crippen LogP contribution in [0.2, 0.25) is 0 Å². The molecule has 0 aliphatic heterocycles. The van der Waals surface area contributed by atoms with Crippen LogP contribution in [-0.2, 0) is 11.2 Å². The number of hydrogen-bond donors (Lipinski definition) is 2. The fourth-order valence-corrected chi connectivity index (χ4v) is 3.12. The van der Waals surface area contributed by atoms with Crippen molar-refractivity contribution in [1.29, 1.82) is 0 Å². The van der Waals surface area contributed by atoms with E-state index in [2.05, 4.69) is 44.8 Å². The van der Waals surface area contributed by atoms with Gasteiger partial charge in [-0.3, -0.25) is 4.79 Å². The van der Waals surface area contributed by atoms with Gasteiger partial charge in [0.2, 0.25) is 5.91 Å². The Labute approximate surface area is 115 Å². The fourth-order valence-electron chi connectivity index (χ4n) is 2.54. The molecule has 2 N–H and O–H groups in total. The molecule has 1 unspecified atom stereocenters. The van der Waals surface area contributed by atoms with Crippen molar-refractivity contribution < 1.29 is 4.79 Å². The number of rotatable bonds is 4. The molecule has 0 aromatic heterocycles. The van der Waals surface area contributed by atoms with E-state index in [9.17, 15) is 4.79 Å². The van der Waals surface area contributed by atoms with Gasteiger partial charge in [0, 0.05) is 16.6 Å². The lowest BCUT2D eigenvalue weighted by Crippen LogP contribution is -2.36. The summed E-state index contributed by atoms with van der Waals surface area (Å²) in [6.07, 6.45) is 4.45. The van der Waals surface area contributed by atoms with Crippen LogP contribution in [-0.4, -0.2) is 18.5 Å². The van der Waals surface area contributed by atoms with Crippen LogP contribution in [0.4, 0.5) is 0 Å². The van der Waals surface area contributed by atoms with Crippen LogP contribution in [0.1, 0.15) is 36.4 Å². The highest BCUT2D eigenvalue weighted by molar-refractivity contribution is 9.10. The Bertz CT molecular complexity index is 471. The number of carbonyl (C=O) groups is 1. The Kier molecular flexibility index (Phi) is 3.39. The molecule has 3 nitrogen and oxygen atoms in total. The zero-order chi connectivity index (χ0) is 12.5. The molecule has 1 fully saturated rings. The Morgan fingerprint density at radius 2 is 2.17 bits per heavy atom. The van der Waals surface area contributed by atoms with Crippen molar-refractivity contribution in [3.05, 3.63) is 33.8 Å². The van der Waals surface area contributed by atoms with Crippen LogP contribution in [0, 0.1) is 0 Å². The number of benzene rings is 1. The third-order valence-corrected chi connectivity index (χ3v) is 4.41. The SMILES string of the molecule is O=C(CNC1CCc2c(Br)cccc21)NC1CC1. The summed E-state index contributed by atoms with van der Waals surface area (Å²) in [5.41, 5.74) is 2.72. The van der Waals surface area contributed by atoms with Crippen LogP contribution < -0.4 is 10.6 Å². The second-order valence-electron chi connectivity index (χ2n) is 5.12. The highest BCUT2D eigenvalue weighted by atomic mass is 79.9. The standard InChI is InChI=1S/C14H17BrN2O/c15-12-3-1-2-11-10(12)6-7-13(11)16-8-14(18)17-9-4-5-9/h1-3,9,13,16H,4-8H2,(H,17,18). The van der Waals surface area contributed by atoms with E-state index in [-0.39, 0.29) is 5.91 Å². The minimum atomic E-state index is 0.126. The molecule has 18 heavy (non-hydrogen) atoms. The molecule has 2 aliphatic rings. The van der Waals surface area contributed by atoms with Crippen molar-refractivity contribution in [2.75, 3.05) is 6.54 Å². The summed E-state index contributed by atoms with van der Waals surface area (Å²) in [6, 6.07) is 7.07. The van der Waals surface area contributed by atoms with E-state index in [1.165, 1.54) is 15.6 Å². The fraction of sp³-hybridized carbons (Fsp3) is 0.500. The van der Waals surface area contributed by atoms with Gasteiger partial charge in [-0.1, -0.05) is 28.1 Å². The first-order chi connectivity index (χ1) is 8.74. The maximum Gasteiger partial charge on any atom is 0.234 e. The maximum absolute atomic E-state index is 11.6. The molecular weight excluding hydrogens is 292 g/mol. The summed E-state index contributed by atoms with van der Waals surface area (Å²) >= 11 is 3.59. The van der Waals surface area contributed by atoms with Gasteiger partial charge in [0.15, 0.2) is 0 Å². The van der Waals surface area contributed by atoms with E-state index in [0.717, 1.165) is 25.7 Å². The lowest BCUT2D eigenvalue weighted by molar-refractivity contribution is -0.120. The second-order valence-corrected chi connectivity index (χ2v) is 5.98. The van der Waals surface area contributed by atoms with E-state index in [1.54, 1.807) is 0 Å². The van der Waals surface area contributed by atoms with Crippen molar-refractivity contribution >= 4 is 21.8 Å². The van der Waals surface area contributed by atoms with Gasteiger partial charge in [-0.2, -0.15) is 0 Å². The summed E-state index contributed by atoms with van der Waals surface area (Å²) in [5, 5.41) is 6.37. The molecule has 0 bridgehead atoms. The van der Waals surface area contributed by atoms with Crippen LogP contribution >= 0.6 is 15.9 Å². The molecular formula is C14H17BrN2O. The summed E-state index contributed by atoms with van der Waals surface area (Å²) in [6.45, 7) is 0.424. The average Bonchev–Trinajstić information content (AvgIpc) is 3.06. The number of halogens is 1. The van der Waals surface area contributed by atoms with Crippen LogP contribution in [0.3, 0.4) is 0 Å². The highest BCUT2D eigenvalue weighted by Crippen LogP contribution is 2.35. The molecule has 2 aliphatic carbocycles. The molecule has 1 saturated carbocycles. The molecule has 4 heteroatoms. The average molecular weight is 309 g/mol. The zero-order valence-electron chi connectivity index (χ0n) is 10.2. The van der Waals surface area contributed by atoms with E-state index in [1.807, 2.05) is 0 Å². The smallest absolute Gasteiger partial charge is 0.234 e. The van der Waals surface area contributed by atoms with E-state index < -0.39 is 0 Å². The lowest BCUT2D eigenvalue weighted by atomic mass is 10.1. The number of nitrogens with one attached hydrogen (secondary N) is 2. The molecule has 1 aromatic rings. The van der Waals surface area contributed by atoms with Crippen molar-refractivity contribution in [3.63, 3.8) is 0 Å². The Morgan fingerprint density at radius 1 is 1.33 bits per heavy atom. The zero-order valence-corrected chi connectivity index (χ0v) is 11.8. The molecule has 0 saturated heterocycles. The third kappa shape index (κ3) is 2.59. The normalized spacial score (nSPS) is 21.7. The topological polar surface area (TPSA) is 41.1 Å².